The van der Waals surface area contributed by atoms with Crippen molar-refractivity contribution in [3.05, 3.63) is 53.2 Å². The van der Waals surface area contributed by atoms with Gasteiger partial charge in [-0.2, -0.15) is 0 Å². The first-order valence-corrected chi connectivity index (χ1v) is 8.80. The van der Waals surface area contributed by atoms with Gasteiger partial charge in [-0.25, -0.2) is 14.8 Å². The molecule has 0 amide bonds. The Hall–Kier alpha value is -2.47. The summed E-state index contributed by atoms with van der Waals surface area (Å²) in [5, 5.41) is 2.58. The minimum atomic E-state index is -0.324. The summed E-state index contributed by atoms with van der Waals surface area (Å²) in [6, 6.07) is 10.2. The lowest BCUT2D eigenvalue weighted by Crippen LogP contribution is -2.23. The van der Waals surface area contributed by atoms with Crippen LogP contribution in [0.5, 0.6) is 0 Å². The monoisotopic (exact) mass is 341 g/mol. The van der Waals surface area contributed by atoms with E-state index in [2.05, 4.69) is 33.9 Å². The van der Waals surface area contributed by atoms with Crippen LogP contribution >= 0.6 is 11.3 Å². The molecule has 0 fully saturated rings. The molecule has 2 heterocycles. The standard InChI is InChI=1S/C18H19N3O2S/c1-3-21(10-13-8-6-5-7-9-13)16-15-14(18(22)23-4-2)11-24-17(15)20-12-19-16/h5-9,11-12H,3-4,10H2,1-2H3. The van der Waals surface area contributed by atoms with Crippen LogP contribution in [0, 0.1) is 0 Å². The van der Waals surface area contributed by atoms with Crippen molar-refractivity contribution in [2.45, 2.75) is 20.4 Å². The molecule has 3 aromatic rings. The Balaban J connectivity index is 2.03. The highest BCUT2D eigenvalue weighted by atomic mass is 32.1. The maximum atomic E-state index is 12.3. The number of hydrogen-bond acceptors (Lipinski definition) is 6. The number of ether oxygens (including phenoxy) is 1. The fourth-order valence-corrected chi connectivity index (χ4v) is 3.47. The lowest BCUT2D eigenvalue weighted by molar-refractivity contribution is 0.0529. The van der Waals surface area contributed by atoms with E-state index >= 15 is 0 Å². The smallest absolute Gasteiger partial charge is 0.339 e. The maximum Gasteiger partial charge on any atom is 0.339 e. The van der Waals surface area contributed by atoms with Crippen LogP contribution in [0.25, 0.3) is 10.2 Å². The topological polar surface area (TPSA) is 55.3 Å². The van der Waals surface area contributed by atoms with Gasteiger partial charge in [0.1, 0.15) is 17.0 Å². The Kier molecular flexibility index (Phi) is 5.05. The molecule has 0 aliphatic carbocycles. The number of esters is 1. The number of aromatic nitrogens is 2. The molecule has 0 aliphatic rings. The maximum absolute atomic E-state index is 12.3. The molecule has 1 aromatic carbocycles. The van der Waals surface area contributed by atoms with Crippen LogP contribution in [0.2, 0.25) is 0 Å². The molecule has 5 nitrogen and oxygen atoms in total. The number of rotatable bonds is 6. The van der Waals surface area contributed by atoms with Crippen LogP contribution in [0.4, 0.5) is 5.82 Å². The lowest BCUT2D eigenvalue weighted by atomic mass is 10.2. The van der Waals surface area contributed by atoms with Gasteiger partial charge in [0.05, 0.1) is 17.6 Å². The lowest BCUT2D eigenvalue weighted by Gasteiger charge is -2.23. The molecule has 0 saturated carbocycles. The molecule has 0 radical (unpaired) electrons. The highest BCUT2D eigenvalue weighted by Gasteiger charge is 2.21. The van der Waals surface area contributed by atoms with E-state index < -0.39 is 0 Å². The normalized spacial score (nSPS) is 10.8. The zero-order valence-corrected chi connectivity index (χ0v) is 14.5. The Morgan fingerprint density at radius 1 is 1.21 bits per heavy atom. The molecule has 24 heavy (non-hydrogen) atoms. The molecule has 0 atom stereocenters. The van der Waals surface area contributed by atoms with Crippen molar-refractivity contribution >= 4 is 33.3 Å². The summed E-state index contributed by atoms with van der Waals surface area (Å²) in [5.74, 6) is 0.450. The second-order valence-corrected chi connectivity index (χ2v) is 6.11. The summed E-state index contributed by atoms with van der Waals surface area (Å²) in [6.07, 6.45) is 1.55. The zero-order chi connectivity index (χ0) is 16.9. The first-order chi connectivity index (χ1) is 11.7. The molecule has 0 aliphatic heterocycles. The first-order valence-electron chi connectivity index (χ1n) is 7.92. The quantitative estimate of drug-likeness (QED) is 0.637. The van der Waals surface area contributed by atoms with Crippen LogP contribution in [-0.2, 0) is 11.3 Å². The molecule has 0 saturated heterocycles. The van der Waals surface area contributed by atoms with E-state index in [0.717, 1.165) is 29.1 Å². The van der Waals surface area contributed by atoms with Gasteiger partial charge >= 0.3 is 5.97 Å². The zero-order valence-electron chi connectivity index (χ0n) is 13.7. The Bertz CT molecular complexity index is 833. The van der Waals surface area contributed by atoms with Gasteiger partial charge in [-0.05, 0) is 19.4 Å². The van der Waals surface area contributed by atoms with Crippen molar-refractivity contribution in [1.29, 1.82) is 0 Å². The molecule has 0 bridgehead atoms. The predicted octanol–water partition coefficient (Wildman–Crippen LogP) is 3.89. The summed E-state index contributed by atoms with van der Waals surface area (Å²) in [5.41, 5.74) is 1.73. The van der Waals surface area contributed by atoms with Gasteiger partial charge in [-0.1, -0.05) is 30.3 Å². The van der Waals surface area contributed by atoms with E-state index in [-0.39, 0.29) is 5.97 Å². The molecule has 6 heteroatoms. The molecule has 3 rings (SSSR count). The van der Waals surface area contributed by atoms with Gasteiger partial charge in [0, 0.05) is 18.5 Å². The number of anilines is 1. The summed E-state index contributed by atoms with van der Waals surface area (Å²) in [7, 11) is 0. The molecule has 0 N–H and O–H groups in total. The number of benzene rings is 1. The second-order valence-electron chi connectivity index (χ2n) is 5.25. The van der Waals surface area contributed by atoms with Crippen LogP contribution in [-0.4, -0.2) is 29.1 Å². The molecule has 2 aromatic heterocycles. The molecule has 0 spiro atoms. The van der Waals surface area contributed by atoms with Crippen molar-refractivity contribution in [2.24, 2.45) is 0 Å². The van der Waals surface area contributed by atoms with E-state index in [1.54, 1.807) is 18.6 Å². The summed E-state index contributed by atoms with van der Waals surface area (Å²) >= 11 is 1.44. The second kappa shape index (κ2) is 7.40. The van der Waals surface area contributed by atoms with Crippen LogP contribution < -0.4 is 4.90 Å². The fourth-order valence-electron chi connectivity index (χ4n) is 2.60. The third-order valence-corrected chi connectivity index (χ3v) is 4.63. The Labute approximate surface area is 144 Å². The fraction of sp³-hybridized carbons (Fsp3) is 0.278. The Morgan fingerprint density at radius 3 is 2.71 bits per heavy atom. The number of hydrogen-bond donors (Lipinski definition) is 0. The van der Waals surface area contributed by atoms with E-state index in [1.165, 1.54) is 16.9 Å². The van der Waals surface area contributed by atoms with Gasteiger partial charge in [0.25, 0.3) is 0 Å². The van der Waals surface area contributed by atoms with Crippen molar-refractivity contribution in [3.8, 4) is 0 Å². The molecular formula is C18H19N3O2S. The average molecular weight is 341 g/mol. The van der Waals surface area contributed by atoms with Gasteiger partial charge in [-0.15, -0.1) is 11.3 Å². The van der Waals surface area contributed by atoms with Crippen LogP contribution in [0.15, 0.2) is 42.0 Å². The van der Waals surface area contributed by atoms with Crippen LogP contribution in [0.1, 0.15) is 29.8 Å². The van der Waals surface area contributed by atoms with E-state index in [9.17, 15) is 4.79 Å². The SMILES string of the molecule is CCOC(=O)c1csc2ncnc(N(CC)Cc3ccccc3)c12. The van der Waals surface area contributed by atoms with Crippen molar-refractivity contribution in [2.75, 3.05) is 18.1 Å². The minimum Gasteiger partial charge on any atom is -0.462 e. The van der Waals surface area contributed by atoms with Gasteiger partial charge in [0.15, 0.2) is 0 Å². The largest absolute Gasteiger partial charge is 0.462 e. The highest BCUT2D eigenvalue weighted by molar-refractivity contribution is 7.17. The number of nitrogens with zero attached hydrogens (tertiary/aromatic N) is 3. The van der Waals surface area contributed by atoms with Crippen molar-refractivity contribution in [1.82, 2.24) is 9.97 Å². The minimum absolute atomic E-state index is 0.324. The summed E-state index contributed by atoms with van der Waals surface area (Å²) in [4.78, 5) is 24.0. The Morgan fingerprint density at radius 2 is 2.00 bits per heavy atom. The number of fused-ring (bicyclic) bond motifs is 1. The van der Waals surface area contributed by atoms with Crippen molar-refractivity contribution in [3.63, 3.8) is 0 Å². The van der Waals surface area contributed by atoms with E-state index in [0.29, 0.717) is 12.2 Å². The third-order valence-electron chi connectivity index (χ3n) is 3.74. The third kappa shape index (κ3) is 3.23. The number of thiophene rings is 1. The molecule has 0 unspecified atom stereocenters. The first kappa shape index (κ1) is 16.4. The highest BCUT2D eigenvalue weighted by Crippen LogP contribution is 2.32. The van der Waals surface area contributed by atoms with Gasteiger partial charge in [-0.3, -0.25) is 0 Å². The van der Waals surface area contributed by atoms with E-state index in [1.807, 2.05) is 18.2 Å². The predicted molar refractivity (Wildman–Crippen MR) is 96.5 cm³/mol. The molecule has 124 valence electrons. The van der Waals surface area contributed by atoms with Gasteiger partial charge < -0.3 is 9.64 Å². The van der Waals surface area contributed by atoms with E-state index in [4.69, 9.17) is 4.74 Å². The summed E-state index contributed by atoms with van der Waals surface area (Å²) in [6.45, 7) is 5.73. The average Bonchev–Trinajstić information content (AvgIpc) is 3.05. The van der Waals surface area contributed by atoms with Crippen LogP contribution in [0.3, 0.4) is 0 Å². The molecular weight excluding hydrogens is 322 g/mol. The summed E-state index contributed by atoms with van der Waals surface area (Å²) < 4.78 is 5.17. The number of carbonyl (C=O) groups is 1. The number of carbonyl (C=O) groups excluding carboxylic acids is 1. The van der Waals surface area contributed by atoms with Crippen molar-refractivity contribution < 1.29 is 9.53 Å². The van der Waals surface area contributed by atoms with Gasteiger partial charge in [0.2, 0.25) is 0 Å².